The van der Waals surface area contributed by atoms with E-state index in [0.29, 0.717) is 5.69 Å². The summed E-state index contributed by atoms with van der Waals surface area (Å²) in [6.07, 6.45) is 1.66. The molecule has 2 aromatic carbocycles. The van der Waals surface area contributed by atoms with Crippen LogP contribution in [0.1, 0.15) is 11.1 Å². The van der Waals surface area contributed by atoms with Gasteiger partial charge in [-0.1, -0.05) is 15.9 Å². The van der Waals surface area contributed by atoms with Gasteiger partial charge in [0.15, 0.2) is 0 Å². The molecule has 0 unspecified atom stereocenters. The molecule has 0 fully saturated rings. The van der Waals surface area contributed by atoms with Crippen LogP contribution in [0.5, 0.6) is 0 Å². The van der Waals surface area contributed by atoms with Gasteiger partial charge >= 0.3 is 0 Å². The number of fused-ring (bicyclic) bond motifs is 1. The molecule has 1 aromatic heterocycles. The molecule has 3 aromatic rings. The van der Waals surface area contributed by atoms with Gasteiger partial charge in [-0.3, -0.25) is 4.57 Å². The number of aromatic nitrogens is 2. The molecule has 0 N–H and O–H groups in total. The van der Waals surface area contributed by atoms with Crippen LogP contribution in [0, 0.1) is 19.7 Å². The Balaban J connectivity index is 2.28. The molecule has 3 rings (SSSR count). The number of rotatable bonds is 1. The summed E-state index contributed by atoms with van der Waals surface area (Å²) in [4.78, 5) is 4.35. The van der Waals surface area contributed by atoms with E-state index in [2.05, 4.69) is 20.9 Å². The van der Waals surface area contributed by atoms with Crippen LogP contribution in [0.3, 0.4) is 0 Å². The highest BCUT2D eigenvalue weighted by molar-refractivity contribution is 9.10. The van der Waals surface area contributed by atoms with Gasteiger partial charge < -0.3 is 0 Å². The van der Waals surface area contributed by atoms with E-state index < -0.39 is 0 Å². The van der Waals surface area contributed by atoms with E-state index in [0.717, 1.165) is 15.5 Å². The molecule has 0 aliphatic carbocycles. The van der Waals surface area contributed by atoms with Crippen molar-refractivity contribution in [3.63, 3.8) is 0 Å². The van der Waals surface area contributed by atoms with Gasteiger partial charge in [-0.15, -0.1) is 0 Å². The molecule has 0 aliphatic rings. The zero-order valence-corrected chi connectivity index (χ0v) is 12.2. The molecule has 1 heterocycles. The summed E-state index contributed by atoms with van der Waals surface area (Å²) in [7, 11) is 0. The number of hydrogen-bond acceptors (Lipinski definition) is 1. The Kier molecular flexibility index (Phi) is 2.90. The van der Waals surface area contributed by atoms with Gasteiger partial charge in [0.25, 0.3) is 0 Å². The van der Waals surface area contributed by atoms with E-state index in [1.165, 1.54) is 17.2 Å². The highest BCUT2D eigenvalue weighted by Gasteiger charge is 2.10. The first kappa shape index (κ1) is 12.4. The third-order valence-electron chi connectivity index (χ3n) is 3.33. The van der Waals surface area contributed by atoms with Gasteiger partial charge in [0, 0.05) is 4.47 Å². The van der Waals surface area contributed by atoms with Gasteiger partial charge in [0.2, 0.25) is 0 Å². The van der Waals surface area contributed by atoms with Crippen molar-refractivity contribution in [2.75, 3.05) is 0 Å². The fraction of sp³-hybridized carbons (Fsp3) is 0.133. The highest BCUT2D eigenvalue weighted by Crippen LogP contribution is 2.24. The van der Waals surface area contributed by atoms with E-state index in [1.807, 2.05) is 32.0 Å². The number of aryl methyl sites for hydroxylation is 2. The molecule has 96 valence electrons. The minimum atomic E-state index is -0.271. The second-order valence-electron chi connectivity index (χ2n) is 4.64. The smallest absolute Gasteiger partial charge is 0.148 e. The summed E-state index contributed by atoms with van der Waals surface area (Å²) in [5.74, 6) is -0.271. The van der Waals surface area contributed by atoms with E-state index in [4.69, 9.17) is 0 Å². The van der Waals surface area contributed by atoms with Crippen LogP contribution < -0.4 is 0 Å². The summed E-state index contributed by atoms with van der Waals surface area (Å²) in [6, 6.07) is 9.10. The van der Waals surface area contributed by atoms with Crippen LogP contribution in [0.2, 0.25) is 0 Å². The quantitative estimate of drug-likeness (QED) is 0.644. The summed E-state index contributed by atoms with van der Waals surface area (Å²) < 4.78 is 16.6. The second kappa shape index (κ2) is 4.46. The van der Waals surface area contributed by atoms with E-state index >= 15 is 0 Å². The molecule has 0 aliphatic heterocycles. The molecule has 0 radical (unpaired) electrons. The lowest BCUT2D eigenvalue weighted by Gasteiger charge is -2.07. The lowest BCUT2D eigenvalue weighted by molar-refractivity contribution is 0.618. The summed E-state index contributed by atoms with van der Waals surface area (Å²) >= 11 is 3.27. The van der Waals surface area contributed by atoms with Gasteiger partial charge in [-0.05, 0) is 55.3 Å². The van der Waals surface area contributed by atoms with Crippen molar-refractivity contribution < 1.29 is 4.39 Å². The zero-order valence-electron chi connectivity index (χ0n) is 10.6. The SMILES string of the molecule is Cc1cc2ncn(-c3ccc(Br)cc3F)c2cc1C. The van der Waals surface area contributed by atoms with Gasteiger partial charge in [-0.25, -0.2) is 9.37 Å². The third kappa shape index (κ3) is 2.06. The van der Waals surface area contributed by atoms with Crippen molar-refractivity contribution in [2.45, 2.75) is 13.8 Å². The molecule has 0 bridgehead atoms. The maximum Gasteiger partial charge on any atom is 0.148 e. The molecule has 19 heavy (non-hydrogen) atoms. The summed E-state index contributed by atoms with van der Waals surface area (Å²) in [5.41, 5.74) is 4.67. The van der Waals surface area contributed by atoms with Crippen molar-refractivity contribution in [1.82, 2.24) is 9.55 Å². The Morgan fingerprint density at radius 3 is 2.58 bits per heavy atom. The topological polar surface area (TPSA) is 17.8 Å². The standard InChI is InChI=1S/C15H12BrFN2/c1-9-5-13-15(6-10(9)2)19(8-18-13)14-4-3-11(16)7-12(14)17/h3-8H,1-2H3. The number of nitrogens with zero attached hydrogens (tertiary/aromatic N) is 2. The minimum absolute atomic E-state index is 0.271. The zero-order chi connectivity index (χ0) is 13.6. The Morgan fingerprint density at radius 2 is 1.84 bits per heavy atom. The molecule has 0 saturated carbocycles. The van der Waals surface area contributed by atoms with Crippen molar-refractivity contribution in [2.24, 2.45) is 0 Å². The summed E-state index contributed by atoms with van der Waals surface area (Å²) in [5, 5.41) is 0. The van der Waals surface area contributed by atoms with Crippen molar-refractivity contribution in [1.29, 1.82) is 0 Å². The Bertz CT molecular complexity index is 777. The average Bonchev–Trinajstić information content (AvgIpc) is 2.73. The average molecular weight is 319 g/mol. The molecule has 4 heteroatoms. The molecular weight excluding hydrogens is 307 g/mol. The van der Waals surface area contributed by atoms with Crippen molar-refractivity contribution in [3.05, 3.63) is 58.1 Å². The van der Waals surface area contributed by atoms with Gasteiger partial charge in [0.1, 0.15) is 12.1 Å². The second-order valence-corrected chi connectivity index (χ2v) is 5.55. The summed E-state index contributed by atoms with van der Waals surface area (Å²) in [6.45, 7) is 4.10. The van der Waals surface area contributed by atoms with Gasteiger partial charge in [-0.2, -0.15) is 0 Å². The first-order valence-corrected chi connectivity index (χ1v) is 6.75. The predicted molar refractivity (Wildman–Crippen MR) is 78.2 cm³/mol. The minimum Gasteiger partial charge on any atom is -0.296 e. The molecule has 0 spiro atoms. The van der Waals surface area contributed by atoms with E-state index in [-0.39, 0.29) is 5.82 Å². The molecule has 0 atom stereocenters. The van der Waals surface area contributed by atoms with E-state index in [9.17, 15) is 4.39 Å². The molecular formula is C15H12BrFN2. The monoisotopic (exact) mass is 318 g/mol. The largest absolute Gasteiger partial charge is 0.296 e. The first-order valence-electron chi connectivity index (χ1n) is 5.96. The molecule has 0 saturated heterocycles. The van der Waals surface area contributed by atoms with Crippen LogP contribution in [0.25, 0.3) is 16.7 Å². The number of halogens is 2. The highest BCUT2D eigenvalue weighted by atomic mass is 79.9. The number of imidazole rings is 1. The Morgan fingerprint density at radius 1 is 1.11 bits per heavy atom. The number of hydrogen-bond donors (Lipinski definition) is 0. The van der Waals surface area contributed by atoms with Crippen LogP contribution in [-0.2, 0) is 0 Å². The lowest BCUT2D eigenvalue weighted by Crippen LogP contribution is -1.96. The maximum atomic E-state index is 14.0. The van der Waals surface area contributed by atoms with Crippen LogP contribution in [0.4, 0.5) is 4.39 Å². The number of benzene rings is 2. The lowest BCUT2D eigenvalue weighted by atomic mass is 10.1. The van der Waals surface area contributed by atoms with Crippen molar-refractivity contribution in [3.8, 4) is 5.69 Å². The van der Waals surface area contributed by atoms with E-state index in [1.54, 1.807) is 17.0 Å². The molecule has 0 amide bonds. The fourth-order valence-corrected chi connectivity index (χ4v) is 2.47. The normalized spacial score (nSPS) is 11.2. The maximum absolute atomic E-state index is 14.0. The van der Waals surface area contributed by atoms with Crippen LogP contribution >= 0.6 is 15.9 Å². The fourth-order valence-electron chi connectivity index (χ4n) is 2.13. The van der Waals surface area contributed by atoms with Gasteiger partial charge in [0.05, 0.1) is 16.7 Å². The Hall–Kier alpha value is -1.68. The first-order chi connectivity index (χ1) is 9.06. The van der Waals surface area contributed by atoms with Crippen LogP contribution in [-0.4, -0.2) is 9.55 Å². The third-order valence-corrected chi connectivity index (χ3v) is 3.83. The Labute approximate surface area is 119 Å². The predicted octanol–water partition coefficient (Wildman–Crippen LogP) is 4.54. The molecule has 2 nitrogen and oxygen atoms in total. The van der Waals surface area contributed by atoms with Crippen LogP contribution in [0.15, 0.2) is 41.1 Å². The van der Waals surface area contributed by atoms with Crippen molar-refractivity contribution >= 4 is 27.0 Å².